The van der Waals surface area contributed by atoms with E-state index in [2.05, 4.69) is 69.4 Å². The Labute approximate surface area is 397 Å². The van der Waals surface area contributed by atoms with E-state index in [9.17, 15) is 14.4 Å². The van der Waals surface area contributed by atoms with E-state index in [0.717, 1.165) is 89.9 Å². The number of rotatable bonds is 50. The zero-order valence-corrected chi connectivity index (χ0v) is 42.6. The van der Waals surface area contributed by atoms with Gasteiger partial charge in [0.05, 0.1) is 0 Å². The lowest BCUT2D eigenvalue weighted by Gasteiger charge is -2.18. The maximum atomic E-state index is 12.8. The molecule has 0 aromatic heterocycles. The molecule has 0 spiro atoms. The Balaban J connectivity index is 4.27. The summed E-state index contributed by atoms with van der Waals surface area (Å²) >= 11 is 0. The summed E-state index contributed by atoms with van der Waals surface area (Å²) < 4.78 is 16.8. The fourth-order valence-corrected chi connectivity index (χ4v) is 7.96. The molecule has 0 aromatic carbocycles. The molecule has 64 heavy (non-hydrogen) atoms. The number of hydrogen-bond donors (Lipinski definition) is 0. The summed E-state index contributed by atoms with van der Waals surface area (Å²) in [6.07, 6.45) is 63.9. The van der Waals surface area contributed by atoms with Crippen LogP contribution in [0, 0.1) is 0 Å². The quantitative estimate of drug-likeness (QED) is 0.0262. The lowest BCUT2D eigenvalue weighted by atomic mass is 10.0. The summed E-state index contributed by atoms with van der Waals surface area (Å²) in [4.78, 5) is 38.0. The van der Waals surface area contributed by atoms with Gasteiger partial charge in [-0.15, -0.1) is 0 Å². The third kappa shape index (κ3) is 50.4. The van der Waals surface area contributed by atoms with E-state index in [1.165, 1.54) is 154 Å². The Kier molecular flexibility index (Phi) is 50.8. The van der Waals surface area contributed by atoms with Crippen LogP contribution in [0.3, 0.4) is 0 Å². The summed E-state index contributed by atoms with van der Waals surface area (Å²) in [6.45, 7) is 6.53. The molecule has 0 saturated carbocycles. The van der Waals surface area contributed by atoms with Crippen molar-refractivity contribution in [1.29, 1.82) is 0 Å². The minimum absolute atomic E-state index is 0.0717. The lowest BCUT2D eigenvalue weighted by Crippen LogP contribution is -2.30. The standard InChI is InChI=1S/C58H104O6/c1-4-7-10-13-16-19-21-23-25-27-28-29-30-31-33-34-36-39-42-45-48-51-57(60)63-54-55(53-62-56(59)50-47-44-41-38-18-15-12-9-6-3)64-58(61)52-49-46-43-40-37-35-32-26-24-22-20-17-14-11-8-5-2/h7,10,16,19,23,25,28-29,55H,4-6,8-9,11-15,17-18,20-22,24,26-27,30-54H2,1-3H3/b10-7-,19-16-,25-23-,29-28-. The van der Waals surface area contributed by atoms with Gasteiger partial charge in [0, 0.05) is 19.3 Å². The van der Waals surface area contributed by atoms with Crippen molar-refractivity contribution in [2.75, 3.05) is 13.2 Å². The molecule has 0 aliphatic rings. The first-order chi connectivity index (χ1) is 31.5. The fraction of sp³-hybridized carbons (Fsp3) is 0.810. The summed E-state index contributed by atoms with van der Waals surface area (Å²) in [5.41, 5.74) is 0. The van der Waals surface area contributed by atoms with Gasteiger partial charge in [-0.05, 0) is 57.8 Å². The van der Waals surface area contributed by atoms with E-state index in [0.29, 0.717) is 19.3 Å². The molecule has 1 atom stereocenters. The minimum atomic E-state index is -0.771. The highest BCUT2D eigenvalue weighted by Gasteiger charge is 2.19. The van der Waals surface area contributed by atoms with Crippen LogP contribution >= 0.6 is 0 Å². The molecule has 0 aliphatic carbocycles. The van der Waals surface area contributed by atoms with Crippen LogP contribution in [0.1, 0.15) is 284 Å². The second kappa shape index (κ2) is 53.0. The molecule has 0 bridgehead atoms. The molecule has 372 valence electrons. The van der Waals surface area contributed by atoms with E-state index < -0.39 is 6.10 Å². The highest BCUT2D eigenvalue weighted by atomic mass is 16.6. The summed E-state index contributed by atoms with van der Waals surface area (Å²) in [5.74, 6) is -0.870. The molecule has 0 aromatic rings. The van der Waals surface area contributed by atoms with E-state index in [4.69, 9.17) is 14.2 Å². The van der Waals surface area contributed by atoms with Crippen molar-refractivity contribution < 1.29 is 28.6 Å². The van der Waals surface area contributed by atoms with Gasteiger partial charge in [0.1, 0.15) is 13.2 Å². The van der Waals surface area contributed by atoms with Crippen molar-refractivity contribution in [3.8, 4) is 0 Å². The van der Waals surface area contributed by atoms with Gasteiger partial charge in [-0.1, -0.05) is 256 Å². The SMILES string of the molecule is CC/C=C\C/C=C\C/C=C\C/C=C\CCCCCCCCCCC(=O)OCC(COC(=O)CCCCCCCCCCC)OC(=O)CCCCCCCCCCCCCCCCCC. The van der Waals surface area contributed by atoms with Gasteiger partial charge in [-0.25, -0.2) is 0 Å². The van der Waals surface area contributed by atoms with E-state index >= 15 is 0 Å². The van der Waals surface area contributed by atoms with Gasteiger partial charge in [0.2, 0.25) is 0 Å². The van der Waals surface area contributed by atoms with Gasteiger partial charge in [0.15, 0.2) is 6.10 Å². The van der Waals surface area contributed by atoms with E-state index in [-0.39, 0.29) is 31.1 Å². The van der Waals surface area contributed by atoms with Crippen LogP contribution in [0.15, 0.2) is 48.6 Å². The molecule has 0 saturated heterocycles. The Morgan fingerprint density at radius 1 is 0.328 bits per heavy atom. The molecule has 0 aliphatic heterocycles. The second-order valence-corrected chi connectivity index (χ2v) is 18.5. The highest BCUT2D eigenvalue weighted by molar-refractivity contribution is 5.71. The molecule has 0 fully saturated rings. The monoisotopic (exact) mass is 897 g/mol. The summed E-state index contributed by atoms with van der Waals surface area (Å²) in [7, 11) is 0. The van der Waals surface area contributed by atoms with E-state index in [1.54, 1.807) is 0 Å². The zero-order valence-electron chi connectivity index (χ0n) is 42.6. The predicted octanol–water partition coefficient (Wildman–Crippen LogP) is 18.3. The van der Waals surface area contributed by atoms with Crippen LogP contribution in [-0.2, 0) is 28.6 Å². The van der Waals surface area contributed by atoms with Gasteiger partial charge in [-0.2, -0.15) is 0 Å². The van der Waals surface area contributed by atoms with Crippen LogP contribution in [0.25, 0.3) is 0 Å². The van der Waals surface area contributed by atoms with Gasteiger partial charge < -0.3 is 14.2 Å². The molecule has 6 nitrogen and oxygen atoms in total. The predicted molar refractivity (Wildman–Crippen MR) is 275 cm³/mol. The average Bonchev–Trinajstić information content (AvgIpc) is 3.29. The molecule has 0 amide bonds. The van der Waals surface area contributed by atoms with Crippen molar-refractivity contribution in [2.45, 2.75) is 290 Å². The number of ether oxygens (including phenoxy) is 3. The molecular weight excluding hydrogens is 793 g/mol. The number of hydrogen-bond acceptors (Lipinski definition) is 6. The number of carbonyl (C=O) groups is 3. The van der Waals surface area contributed by atoms with E-state index in [1.807, 2.05) is 0 Å². The van der Waals surface area contributed by atoms with Crippen LogP contribution in [0.2, 0.25) is 0 Å². The number of allylic oxidation sites excluding steroid dienone is 8. The number of unbranched alkanes of at least 4 members (excludes halogenated alkanes) is 31. The zero-order chi connectivity index (χ0) is 46.5. The molecule has 0 rings (SSSR count). The maximum Gasteiger partial charge on any atom is 0.306 e. The smallest absolute Gasteiger partial charge is 0.306 e. The van der Waals surface area contributed by atoms with Crippen molar-refractivity contribution >= 4 is 17.9 Å². The fourth-order valence-electron chi connectivity index (χ4n) is 7.96. The van der Waals surface area contributed by atoms with Crippen LogP contribution < -0.4 is 0 Å². The van der Waals surface area contributed by atoms with Crippen molar-refractivity contribution in [3.63, 3.8) is 0 Å². The summed E-state index contributed by atoms with van der Waals surface area (Å²) in [5, 5.41) is 0. The summed E-state index contributed by atoms with van der Waals surface area (Å²) in [6, 6.07) is 0. The molecular formula is C58H104O6. The molecule has 6 heteroatoms. The van der Waals surface area contributed by atoms with Crippen molar-refractivity contribution in [3.05, 3.63) is 48.6 Å². The third-order valence-electron chi connectivity index (χ3n) is 12.1. The molecule has 0 N–H and O–H groups in total. The Morgan fingerprint density at radius 3 is 0.953 bits per heavy atom. The molecule has 0 heterocycles. The molecule has 0 radical (unpaired) electrons. The van der Waals surface area contributed by atoms with Gasteiger partial charge >= 0.3 is 17.9 Å². The normalized spacial score (nSPS) is 12.4. The highest BCUT2D eigenvalue weighted by Crippen LogP contribution is 2.16. The number of carbonyl (C=O) groups excluding carboxylic acids is 3. The van der Waals surface area contributed by atoms with Gasteiger partial charge in [-0.3, -0.25) is 14.4 Å². The average molecular weight is 897 g/mol. The number of esters is 3. The second-order valence-electron chi connectivity index (χ2n) is 18.5. The van der Waals surface area contributed by atoms with Gasteiger partial charge in [0.25, 0.3) is 0 Å². The Bertz CT molecular complexity index is 1120. The van der Waals surface area contributed by atoms with Crippen LogP contribution in [0.5, 0.6) is 0 Å². The molecule has 1 unspecified atom stereocenters. The first-order valence-corrected chi connectivity index (χ1v) is 27.6. The van der Waals surface area contributed by atoms with Crippen molar-refractivity contribution in [1.82, 2.24) is 0 Å². The largest absolute Gasteiger partial charge is 0.462 e. The first kappa shape index (κ1) is 61.4. The Morgan fingerprint density at radius 2 is 0.609 bits per heavy atom. The van der Waals surface area contributed by atoms with Crippen LogP contribution in [-0.4, -0.2) is 37.2 Å². The van der Waals surface area contributed by atoms with Crippen molar-refractivity contribution in [2.24, 2.45) is 0 Å². The minimum Gasteiger partial charge on any atom is -0.462 e. The maximum absolute atomic E-state index is 12.8. The first-order valence-electron chi connectivity index (χ1n) is 27.6. The lowest BCUT2D eigenvalue weighted by molar-refractivity contribution is -0.167. The Hall–Kier alpha value is -2.63. The van der Waals surface area contributed by atoms with Crippen LogP contribution in [0.4, 0.5) is 0 Å². The topological polar surface area (TPSA) is 78.9 Å². The third-order valence-corrected chi connectivity index (χ3v) is 12.1.